The third kappa shape index (κ3) is 4.27. The van der Waals surface area contributed by atoms with Crippen molar-refractivity contribution in [1.82, 2.24) is 20.0 Å². The minimum absolute atomic E-state index is 0.132. The number of hydrogen-bond acceptors (Lipinski definition) is 6. The standard InChI is InChI=1S/C22H29N5O5/c1-22(2,3)32-21(31)26-9-7-14(17(28)12-26)13-5-6-15-16(11-13)25(4)24-19(15)27-10-8-18(29)23-20(27)30/h5-6,11,14,17,28H,7-10,12H2,1-4H3,(H,23,29,30). The number of aromatic nitrogens is 2. The third-order valence-corrected chi connectivity index (χ3v) is 5.83. The van der Waals surface area contributed by atoms with Gasteiger partial charge in [0.25, 0.3) is 0 Å². The number of benzene rings is 1. The van der Waals surface area contributed by atoms with E-state index in [0.717, 1.165) is 16.5 Å². The number of rotatable bonds is 2. The van der Waals surface area contributed by atoms with E-state index in [1.807, 2.05) is 39.0 Å². The van der Waals surface area contributed by atoms with E-state index in [0.29, 0.717) is 18.8 Å². The van der Waals surface area contributed by atoms with E-state index < -0.39 is 23.8 Å². The van der Waals surface area contributed by atoms with E-state index in [2.05, 4.69) is 10.4 Å². The first-order chi connectivity index (χ1) is 15.0. The van der Waals surface area contributed by atoms with Crippen molar-refractivity contribution < 1.29 is 24.2 Å². The third-order valence-electron chi connectivity index (χ3n) is 5.83. The van der Waals surface area contributed by atoms with Crippen molar-refractivity contribution in [2.75, 3.05) is 24.5 Å². The van der Waals surface area contributed by atoms with E-state index in [1.165, 1.54) is 4.90 Å². The number of β-amino-alcohol motifs (C(OH)–C–C–N with tert-alkyl or cyclic N) is 1. The summed E-state index contributed by atoms with van der Waals surface area (Å²) in [4.78, 5) is 39.1. The van der Waals surface area contributed by atoms with Gasteiger partial charge in [-0.15, -0.1) is 0 Å². The number of aryl methyl sites for hydroxylation is 1. The number of anilines is 1. The number of amides is 4. The summed E-state index contributed by atoms with van der Waals surface area (Å²) >= 11 is 0. The molecule has 2 N–H and O–H groups in total. The van der Waals surface area contributed by atoms with Gasteiger partial charge in [0.05, 0.1) is 18.2 Å². The summed E-state index contributed by atoms with van der Waals surface area (Å²) in [6, 6.07) is 5.31. The highest BCUT2D eigenvalue weighted by Gasteiger charge is 2.34. The number of likely N-dealkylation sites (tertiary alicyclic amines) is 1. The Labute approximate surface area is 186 Å². The summed E-state index contributed by atoms with van der Waals surface area (Å²) in [5.41, 5.74) is 1.19. The monoisotopic (exact) mass is 443 g/mol. The molecule has 2 saturated heterocycles. The van der Waals surface area contributed by atoms with Gasteiger partial charge >= 0.3 is 12.1 Å². The van der Waals surface area contributed by atoms with Crippen molar-refractivity contribution in [2.45, 2.75) is 51.2 Å². The molecule has 0 bridgehead atoms. The van der Waals surface area contributed by atoms with Gasteiger partial charge < -0.3 is 14.7 Å². The number of aliphatic hydroxyl groups is 1. The van der Waals surface area contributed by atoms with E-state index in [9.17, 15) is 19.5 Å². The summed E-state index contributed by atoms with van der Waals surface area (Å²) < 4.78 is 7.12. The average molecular weight is 444 g/mol. The van der Waals surface area contributed by atoms with E-state index in [1.54, 1.807) is 16.6 Å². The second kappa shape index (κ2) is 8.09. The van der Waals surface area contributed by atoms with E-state index in [4.69, 9.17) is 4.74 Å². The molecule has 2 atom stereocenters. The fourth-order valence-corrected chi connectivity index (χ4v) is 4.26. The highest BCUT2D eigenvalue weighted by molar-refractivity contribution is 6.08. The number of ether oxygens (including phenoxy) is 1. The van der Waals surface area contributed by atoms with E-state index in [-0.39, 0.29) is 31.3 Å². The zero-order chi connectivity index (χ0) is 23.2. The zero-order valence-electron chi connectivity index (χ0n) is 18.8. The van der Waals surface area contributed by atoms with Crippen molar-refractivity contribution >= 4 is 34.8 Å². The van der Waals surface area contributed by atoms with Crippen LogP contribution < -0.4 is 10.2 Å². The van der Waals surface area contributed by atoms with Gasteiger partial charge in [0.15, 0.2) is 5.82 Å². The normalized spacial score (nSPS) is 22.3. The Morgan fingerprint density at radius 3 is 2.66 bits per heavy atom. The lowest BCUT2D eigenvalue weighted by atomic mass is 9.87. The topological polar surface area (TPSA) is 117 Å². The fourth-order valence-electron chi connectivity index (χ4n) is 4.26. The first-order valence-electron chi connectivity index (χ1n) is 10.8. The molecule has 2 aliphatic rings. The van der Waals surface area contributed by atoms with Gasteiger partial charge in [-0.05, 0) is 44.9 Å². The van der Waals surface area contributed by atoms with Crippen LogP contribution in [0.1, 0.15) is 45.1 Å². The maximum Gasteiger partial charge on any atom is 0.410 e. The summed E-state index contributed by atoms with van der Waals surface area (Å²) in [6.07, 6.45) is -0.308. The average Bonchev–Trinajstić information content (AvgIpc) is 3.02. The minimum atomic E-state index is -0.722. The minimum Gasteiger partial charge on any atom is -0.444 e. The Morgan fingerprint density at radius 2 is 2.00 bits per heavy atom. The number of nitrogens with one attached hydrogen (secondary N) is 1. The Hall–Kier alpha value is -3.14. The van der Waals surface area contributed by atoms with Gasteiger partial charge in [0.2, 0.25) is 5.91 Å². The second-order valence-corrected chi connectivity index (χ2v) is 9.37. The SMILES string of the molecule is Cn1nc(N2CCC(=O)NC2=O)c2ccc(C3CCN(C(=O)OC(C)(C)C)CC3O)cc21. The van der Waals surface area contributed by atoms with Gasteiger partial charge in [-0.1, -0.05) is 6.07 Å². The predicted molar refractivity (Wildman–Crippen MR) is 117 cm³/mol. The summed E-state index contributed by atoms with van der Waals surface area (Å²) in [5, 5.41) is 18.4. The van der Waals surface area contributed by atoms with Crippen molar-refractivity contribution in [3.63, 3.8) is 0 Å². The molecule has 2 unspecified atom stereocenters. The number of carbonyl (C=O) groups excluding carboxylic acids is 3. The molecule has 2 aromatic rings. The molecule has 1 aromatic heterocycles. The van der Waals surface area contributed by atoms with Crippen molar-refractivity contribution in [2.24, 2.45) is 7.05 Å². The van der Waals surface area contributed by atoms with Gasteiger partial charge in [-0.2, -0.15) is 5.10 Å². The molecule has 172 valence electrons. The van der Waals surface area contributed by atoms with Crippen LogP contribution in [0.15, 0.2) is 18.2 Å². The molecule has 0 radical (unpaired) electrons. The second-order valence-electron chi connectivity index (χ2n) is 9.37. The van der Waals surface area contributed by atoms with Crippen molar-refractivity contribution in [3.05, 3.63) is 23.8 Å². The lowest BCUT2D eigenvalue weighted by Crippen LogP contribution is -2.49. The molecule has 4 amide bonds. The Bertz CT molecular complexity index is 1070. The number of carbonyl (C=O) groups is 3. The molecule has 2 aliphatic heterocycles. The van der Waals surface area contributed by atoms with Gasteiger partial charge in [-0.3, -0.25) is 19.7 Å². The first kappa shape index (κ1) is 22.1. The maximum absolute atomic E-state index is 12.3. The zero-order valence-corrected chi connectivity index (χ0v) is 18.8. The van der Waals surface area contributed by atoms with Crippen LogP contribution in [0.3, 0.4) is 0 Å². The molecule has 4 rings (SSSR count). The van der Waals surface area contributed by atoms with Crippen LogP contribution in [-0.4, -0.2) is 69.2 Å². The molecular formula is C22H29N5O5. The van der Waals surface area contributed by atoms with Crippen LogP contribution in [0.4, 0.5) is 15.4 Å². The van der Waals surface area contributed by atoms with Crippen LogP contribution in [-0.2, 0) is 16.6 Å². The highest BCUT2D eigenvalue weighted by atomic mass is 16.6. The van der Waals surface area contributed by atoms with Crippen LogP contribution >= 0.6 is 0 Å². The van der Waals surface area contributed by atoms with Crippen LogP contribution in [0.5, 0.6) is 0 Å². The smallest absolute Gasteiger partial charge is 0.410 e. The number of urea groups is 1. The fraction of sp³-hybridized carbons (Fsp3) is 0.545. The molecule has 0 aliphatic carbocycles. The molecule has 32 heavy (non-hydrogen) atoms. The van der Waals surface area contributed by atoms with Gasteiger partial charge in [-0.25, -0.2) is 9.59 Å². The lowest BCUT2D eigenvalue weighted by Gasteiger charge is -2.37. The van der Waals surface area contributed by atoms with Gasteiger partial charge in [0.1, 0.15) is 5.60 Å². The first-order valence-corrected chi connectivity index (χ1v) is 10.8. The van der Waals surface area contributed by atoms with Crippen molar-refractivity contribution in [1.29, 1.82) is 0 Å². The summed E-state index contributed by atoms with van der Waals surface area (Å²) in [5.74, 6) is 0.0761. The quantitative estimate of drug-likeness (QED) is 0.734. The maximum atomic E-state index is 12.3. The molecule has 3 heterocycles. The Kier molecular flexibility index (Phi) is 5.58. The number of aliphatic hydroxyl groups excluding tert-OH is 1. The number of nitrogens with zero attached hydrogens (tertiary/aromatic N) is 4. The predicted octanol–water partition coefficient (Wildman–Crippen LogP) is 2.10. The van der Waals surface area contributed by atoms with Gasteiger partial charge in [0, 0.05) is 37.9 Å². The number of imide groups is 1. The van der Waals surface area contributed by atoms with Crippen molar-refractivity contribution in [3.8, 4) is 0 Å². The Morgan fingerprint density at radius 1 is 1.25 bits per heavy atom. The number of hydrogen-bond donors (Lipinski definition) is 2. The lowest BCUT2D eigenvalue weighted by molar-refractivity contribution is -0.120. The molecular weight excluding hydrogens is 414 g/mol. The largest absolute Gasteiger partial charge is 0.444 e. The molecule has 0 spiro atoms. The van der Waals surface area contributed by atoms with Crippen LogP contribution in [0.2, 0.25) is 0 Å². The number of piperidine rings is 1. The summed E-state index contributed by atoms with van der Waals surface area (Å²) in [6.45, 7) is 6.42. The molecule has 10 heteroatoms. The molecule has 2 fully saturated rings. The number of fused-ring (bicyclic) bond motifs is 1. The Balaban J connectivity index is 1.54. The summed E-state index contributed by atoms with van der Waals surface area (Å²) in [7, 11) is 1.80. The van der Waals surface area contributed by atoms with Crippen LogP contribution in [0.25, 0.3) is 10.9 Å². The molecule has 1 aromatic carbocycles. The molecule has 0 saturated carbocycles. The molecule has 10 nitrogen and oxygen atoms in total. The van der Waals surface area contributed by atoms with Crippen LogP contribution in [0, 0.1) is 0 Å². The highest BCUT2D eigenvalue weighted by Crippen LogP contribution is 2.34. The van der Waals surface area contributed by atoms with E-state index >= 15 is 0 Å².